The second-order valence-corrected chi connectivity index (χ2v) is 4.10. The molecule has 0 heterocycles. The van der Waals surface area contributed by atoms with E-state index < -0.39 is 5.97 Å². The number of hydrogen-bond acceptors (Lipinski definition) is 2. The lowest BCUT2D eigenvalue weighted by Crippen LogP contribution is -2.27. The number of halogens is 1. The first-order valence-electron chi connectivity index (χ1n) is 5.16. The number of carbonyl (C=O) groups is 1. The van der Waals surface area contributed by atoms with Gasteiger partial charge in [0, 0.05) is 6.04 Å². The molecule has 0 radical (unpaired) electrons. The van der Waals surface area contributed by atoms with Crippen LogP contribution in [-0.4, -0.2) is 17.1 Å². The van der Waals surface area contributed by atoms with Crippen LogP contribution in [0.1, 0.15) is 44.9 Å². The molecule has 3 nitrogen and oxygen atoms in total. The molecule has 3 N–H and O–H groups in total. The monoisotopic (exact) mass is 221 g/mol. The minimum Gasteiger partial charge on any atom is -0.481 e. The van der Waals surface area contributed by atoms with Gasteiger partial charge in [0.1, 0.15) is 0 Å². The Morgan fingerprint density at radius 3 is 2.43 bits per heavy atom. The van der Waals surface area contributed by atoms with E-state index in [1.54, 1.807) is 0 Å². The third-order valence-electron chi connectivity index (χ3n) is 2.80. The Labute approximate surface area is 91.5 Å². The van der Waals surface area contributed by atoms with E-state index >= 15 is 0 Å². The van der Waals surface area contributed by atoms with Crippen LogP contribution in [0, 0.1) is 5.92 Å². The summed E-state index contributed by atoms with van der Waals surface area (Å²) < 4.78 is 0. The molecule has 0 aromatic rings. The van der Waals surface area contributed by atoms with Gasteiger partial charge in [-0.3, -0.25) is 4.79 Å². The summed E-state index contributed by atoms with van der Waals surface area (Å²) in [6.45, 7) is 0. The van der Waals surface area contributed by atoms with Crippen LogP contribution in [0.15, 0.2) is 0 Å². The van der Waals surface area contributed by atoms with Crippen LogP contribution in [-0.2, 0) is 4.79 Å². The molecule has 1 aliphatic rings. The molecule has 0 amide bonds. The maximum absolute atomic E-state index is 10.4. The number of hydrogen-bond donors (Lipinski definition) is 2. The fourth-order valence-corrected chi connectivity index (χ4v) is 2.16. The lowest BCUT2D eigenvalue weighted by molar-refractivity contribution is -0.137. The third-order valence-corrected chi connectivity index (χ3v) is 2.80. The summed E-state index contributed by atoms with van der Waals surface area (Å²) in [7, 11) is 0. The van der Waals surface area contributed by atoms with Crippen LogP contribution >= 0.6 is 12.4 Å². The molecule has 0 unspecified atom stereocenters. The summed E-state index contributed by atoms with van der Waals surface area (Å²) in [5, 5.41) is 8.53. The van der Waals surface area contributed by atoms with Crippen molar-refractivity contribution in [2.24, 2.45) is 11.7 Å². The standard InChI is InChI=1S/C10H19NO2.ClH/c11-9(7-10(12)13)6-8-4-2-1-3-5-8;/h8-9H,1-7,11H2,(H,12,13);1H/t9-;/m0./s1. The highest BCUT2D eigenvalue weighted by atomic mass is 35.5. The van der Waals surface area contributed by atoms with E-state index in [1.807, 2.05) is 0 Å². The van der Waals surface area contributed by atoms with Gasteiger partial charge in [0.05, 0.1) is 6.42 Å². The first-order chi connectivity index (χ1) is 6.18. The Balaban J connectivity index is 0.00000169. The number of rotatable bonds is 4. The summed E-state index contributed by atoms with van der Waals surface area (Å²) in [6, 6.07) is -0.138. The first-order valence-corrected chi connectivity index (χ1v) is 5.16. The zero-order valence-electron chi connectivity index (χ0n) is 8.45. The van der Waals surface area contributed by atoms with Crippen molar-refractivity contribution in [2.75, 3.05) is 0 Å². The van der Waals surface area contributed by atoms with Gasteiger partial charge in [-0.1, -0.05) is 32.1 Å². The predicted octanol–water partition coefficient (Wildman–Crippen LogP) is 2.18. The first kappa shape index (κ1) is 13.7. The molecule has 1 saturated carbocycles. The maximum Gasteiger partial charge on any atom is 0.304 e. The van der Waals surface area contributed by atoms with Crippen molar-refractivity contribution in [2.45, 2.75) is 51.0 Å². The molecule has 0 aromatic heterocycles. The van der Waals surface area contributed by atoms with Gasteiger partial charge in [-0.05, 0) is 12.3 Å². The van der Waals surface area contributed by atoms with Gasteiger partial charge in [-0.2, -0.15) is 0 Å². The number of carboxylic acids is 1. The molecule has 14 heavy (non-hydrogen) atoms. The molecule has 84 valence electrons. The summed E-state index contributed by atoms with van der Waals surface area (Å²) in [4.78, 5) is 10.4. The predicted molar refractivity (Wildman–Crippen MR) is 58.7 cm³/mol. The number of nitrogens with two attached hydrogens (primary N) is 1. The van der Waals surface area contributed by atoms with Gasteiger partial charge in [0.25, 0.3) is 0 Å². The molecule has 0 bridgehead atoms. The molecule has 0 spiro atoms. The highest BCUT2D eigenvalue weighted by Gasteiger charge is 2.17. The molecule has 0 aromatic carbocycles. The molecule has 0 saturated heterocycles. The van der Waals surface area contributed by atoms with E-state index in [1.165, 1.54) is 32.1 Å². The van der Waals surface area contributed by atoms with Crippen molar-refractivity contribution in [1.29, 1.82) is 0 Å². The minimum atomic E-state index is -0.775. The van der Waals surface area contributed by atoms with E-state index in [2.05, 4.69) is 0 Å². The Morgan fingerprint density at radius 1 is 1.36 bits per heavy atom. The fourth-order valence-electron chi connectivity index (χ4n) is 2.16. The van der Waals surface area contributed by atoms with Crippen molar-refractivity contribution in [1.82, 2.24) is 0 Å². The number of carboxylic acid groups (broad SMARTS) is 1. The normalized spacial score (nSPS) is 19.8. The largest absolute Gasteiger partial charge is 0.481 e. The quantitative estimate of drug-likeness (QED) is 0.765. The molecular formula is C10H20ClNO2. The molecule has 1 atom stereocenters. The van der Waals surface area contributed by atoms with Gasteiger partial charge in [-0.25, -0.2) is 0 Å². The Hall–Kier alpha value is -0.280. The van der Waals surface area contributed by atoms with Gasteiger partial charge in [0.15, 0.2) is 0 Å². The molecule has 1 rings (SSSR count). The zero-order chi connectivity index (χ0) is 9.68. The van der Waals surface area contributed by atoms with E-state index in [-0.39, 0.29) is 24.9 Å². The second-order valence-electron chi connectivity index (χ2n) is 4.10. The molecular weight excluding hydrogens is 202 g/mol. The van der Waals surface area contributed by atoms with Crippen LogP contribution in [0.4, 0.5) is 0 Å². The molecule has 0 aliphatic heterocycles. The lowest BCUT2D eigenvalue weighted by Gasteiger charge is -2.23. The van der Waals surface area contributed by atoms with E-state index in [4.69, 9.17) is 10.8 Å². The summed E-state index contributed by atoms with van der Waals surface area (Å²) in [6.07, 6.45) is 7.43. The average molecular weight is 222 g/mol. The minimum absolute atomic E-state index is 0. The highest BCUT2D eigenvalue weighted by Crippen LogP contribution is 2.27. The van der Waals surface area contributed by atoms with Crippen molar-refractivity contribution in [3.05, 3.63) is 0 Å². The average Bonchev–Trinajstić information content (AvgIpc) is 2.04. The lowest BCUT2D eigenvalue weighted by atomic mass is 9.84. The van der Waals surface area contributed by atoms with Gasteiger partial charge in [-0.15, -0.1) is 12.4 Å². The van der Waals surface area contributed by atoms with Crippen LogP contribution in [0.2, 0.25) is 0 Å². The van der Waals surface area contributed by atoms with Crippen molar-refractivity contribution >= 4 is 18.4 Å². The van der Waals surface area contributed by atoms with Gasteiger partial charge in [0.2, 0.25) is 0 Å². The zero-order valence-corrected chi connectivity index (χ0v) is 9.26. The van der Waals surface area contributed by atoms with E-state index in [9.17, 15) is 4.79 Å². The van der Waals surface area contributed by atoms with Crippen molar-refractivity contribution in [3.8, 4) is 0 Å². The van der Waals surface area contributed by atoms with Crippen LogP contribution in [0.5, 0.6) is 0 Å². The van der Waals surface area contributed by atoms with Crippen LogP contribution in [0.3, 0.4) is 0 Å². The molecule has 4 heteroatoms. The molecule has 1 fully saturated rings. The Bertz CT molecular complexity index is 170. The van der Waals surface area contributed by atoms with E-state index in [0.29, 0.717) is 5.92 Å². The highest BCUT2D eigenvalue weighted by molar-refractivity contribution is 5.85. The van der Waals surface area contributed by atoms with Gasteiger partial charge >= 0.3 is 5.97 Å². The Morgan fingerprint density at radius 2 is 1.93 bits per heavy atom. The molecule has 1 aliphatic carbocycles. The van der Waals surface area contributed by atoms with Gasteiger partial charge < -0.3 is 10.8 Å². The topological polar surface area (TPSA) is 63.3 Å². The smallest absolute Gasteiger partial charge is 0.304 e. The van der Waals surface area contributed by atoms with Crippen molar-refractivity contribution in [3.63, 3.8) is 0 Å². The fraction of sp³-hybridized carbons (Fsp3) is 0.900. The third kappa shape index (κ3) is 5.45. The summed E-state index contributed by atoms with van der Waals surface area (Å²) in [5.41, 5.74) is 5.72. The second kappa shape index (κ2) is 7.07. The summed E-state index contributed by atoms with van der Waals surface area (Å²) >= 11 is 0. The van der Waals surface area contributed by atoms with Crippen LogP contribution < -0.4 is 5.73 Å². The van der Waals surface area contributed by atoms with Crippen molar-refractivity contribution < 1.29 is 9.90 Å². The van der Waals surface area contributed by atoms with Crippen LogP contribution in [0.25, 0.3) is 0 Å². The SMILES string of the molecule is Cl.N[C@H](CC(=O)O)CC1CCCCC1. The maximum atomic E-state index is 10.4. The number of aliphatic carboxylic acids is 1. The summed E-state index contributed by atoms with van der Waals surface area (Å²) in [5.74, 6) is -0.0913. The Kier molecular flexibility index (Phi) is 6.93. The van der Waals surface area contributed by atoms with E-state index in [0.717, 1.165) is 6.42 Å².